The molecule has 1 amide bonds. The Morgan fingerprint density at radius 3 is 2.73 bits per heavy atom. The quantitative estimate of drug-likeness (QED) is 0.789. The summed E-state index contributed by atoms with van der Waals surface area (Å²) in [7, 11) is 1.61. The fraction of sp³-hybridized carbons (Fsp3) is 0.353. The molecule has 3 rings (SSSR count). The van der Waals surface area contributed by atoms with Crippen molar-refractivity contribution in [2.45, 2.75) is 31.8 Å². The minimum Gasteiger partial charge on any atom is -0.497 e. The number of furan rings is 1. The van der Waals surface area contributed by atoms with Crippen LogP contribution in [0.4, 0.5) is 0 Å². The van der Waals surface area contributed by atoms with Gasteiger partial charge in [-0.2, -0.15) is 0 Å². The molecule has 0 unspecified atom stereocenters. The highest BCUT2D eigenvalue weighted by Crippen LogP contribution is 2.37. The number of nitrogens with zero attached hydrogens (tertiary/aromatic N) is 1. The number of hydrogen-bond acceptors (Lipinski definition) is 3. The van der Waals surface area contributed by atoms with Crippen LogP contribution in [0.2, 0.25) is 0 Å². The summed E-state index contributed by atoms with van der Waals surface area (Å²) in [6.07, 6.45) is 3.74. The number of amides is 1. The van der Waals surface area contributed by atoms with Gasteiger partial charge in [-0.3, -0.25) is 4.79 Å². The van der Waals surface area contributed by atoms with Crippen LogP contribution in [0.5, 0.6) is 5.75 Å². The Labute approximate surface area is 138 Å². The van der Waals surface area contributed by atoms with Crippen LogP contribution in [-0.2, 0) is 0 Å². The van der Waals surface area contributed by atoms with E-state index >= 15 is 0 Å². The zero-order valence-corrected chi connectivity index (χ0v) is 14.2. The van der Waals surface area contributed by atoms with Gasteiger partial charge in [0.1, 0.15) is 11.5 Å². The maximum atomic E-state index is 13.0. The van der Waals surface area contributed by atoms with E-state index in [-0.39, 0.29) is 11.9 Å². The smallest absolute Gasteiger partial charge is 0.255 e. The molecule has 0 spiro atoms. The SMILES string of the molecule is COc1ccc(C(=O)N(C2CC2)[C@H](C)c2ccco2)c(Br)c1. The van der Waals surface area contributed by atoms with E-state index < -0.39 is 0 Å². The number of hydrogen-bond donors (Lipinski definition) is 0. The van der Waals surface area contributed by atoms with E-state index in [2.05, 4.69) is 15.9 Å². The molecule has 0 saturated heterocycles. The molecule has 0 aliphatic heterocycles. The van der Waals surface area contributed by atoms with E-state index in [0.29, 0.717) is 11.6 Å². The molecular formula is C17H18BrNO3. The molecule has 1 atom stereocenters. The summed E-state index contributed by atoms with van der Waals surface area (Å²) in [5.41, 5.74) is 0.645. The van der Waals surface area contributed by atoms with Gasteiger partial charge in [0.15, 0.2) is 0 Å². The van der Waals surface area contributed by atoms with Crippen molar-refractivity contribution in [3.63, 3.8) is 0 Å². The third-order valence-corrected chi connectivity index (χ3v) is 4.61. The van der Waals surface area contributed by atoms with E-state index in [4.69, 9.17) is 9.15 Å². The first-order valence-corrected chi connectivity index (χ1v) is 8.10. The zero-order valence-electron chi connectivity index (χ0n) is 12.6. The number of carbonyl (C=O) groups is 1. The first-order chi connectivity index (χ1) is 10.6. The van der Waals surface area contributed by atoms with Crippen LogP contribution in [0, 0.1) is 0 Å². The van der Waals surface area contributed by atoms with Crippen molar-refractivity contribution in [3.8, 4) is 5.75 Å². The molecule has 2 aromatic rings. The summed E-state index contributed by atoms with van der Waals surface area (Å²) in [4.78, 5) is 14.9. The van der Waals surface area contributed by atoms with Crippen LogP contribution < -0.4 is 4.74 Å². The predicted octanol–water partition coefficient (Wildman–Crippen LogP) is 4.42. The van der Waals surface area contributed by atoms with Gasteiger partial charge < -0.3 is 14.1 Å². The summed E-state index contributed by atoms with van der Waals surface area (Å²) in [5.74, 6) is 1.55. The van der Waals surface area contributed by atoms with Crippen molar-refractivity contribution in [3.05, 3.63) is 52.4 Å². The van der Waals surface area contributed by atoms with Crippen LogP contribution in [0.3, 0.4) is 0 Å². The van der Waals surface area contributed by atoms with Crippen molar-refractivity contribution in [1.82, 2.24) is 4.90 Å². The number of rotatable bonds is 5. The molecule has 1 aromatic carbocycles. The average Bonchev–Trinajstić information content (AvgIpc) is 3.18. The molecular weight excluding hydrogens is 346 g/mol. The maximum Gasteiger partial charge on any atom is 0.255 e. The molecule has 22 heavy (non-hydrogen) atoms. The van der Waals surface area contributed by atoms with Crippen molar-refractivity contribution < 1.29 is 13.9 Å². The second kappa shape index (κ2) is 6.16. The first-order valence-electron chi connectivity index (χ1n) is 7.31. The average molecular weight is 364 g/mol. The lowest BCUT2D eigenvalue weighted by molar-refractivity contribution is 0.0651. The highest BCUT2D eigenvalue weighted by molar-refractivity contribution is 9.10. The van der Waals surface area contributed by atoms with Gasteiger partial charge in [0.2, 0.25) is 0 Å². The largest absolute Gasteiger partial charge is 0.497 e. The second-order valence-corrected chi connectivity index (χ2v) is 6.34. The first kappa shape index (κ1) is 15.2. The standard InChI is InChI=1S/C17H18BrNO3/c1-11(16-4-3-9-22-16)19(12-5-6-12)17(20)14-8-7-13(21-2)10-15(14)18/h3-4,7-12H,5-6H2,1-2H3/t11-/m1/s1. The topological polar surface area (TPSA) is 42.7 Å². The highest BCUT2D eigenvalue weighted by atomic mass is 79.9. The van der Waals surface area contributed by atoms with Crippen LogP contribution >= 0.6 is 15.9 Å². The Morgan fingerprint density at radius 2 is 2.18 bits per heavy atom. The number of carbonyl (C=O) groups excluding carboxylic acids is 1. The number of ether oxygens (including phenoxy) is 1. The van der Waals surface area contributed by atoms with Gasteiger partial charge in [0, 0.05) is 10.5 Å². The third-order valence-electron chi connectivity index (χ3n) is 3.95. The predicted molar refractivity (Wildman–Crippen MR) is 87.0 cm³/mol. The van der Waals surface area contributed by atoms with E-state index in [1.807, 2.05) is 30.0 Å². The molecule has 0 N–H and O–H groups in total. The number of halogens is 1. The van der Waals surface area contributed by atoms with Crippen molar-refractivity contribution in [1.29, 1.82) is 0 Å². The van der Waals surface area contributed by atoms with Crippen LogP contribution in [0.25, 0.3) is 0 Å². The number of benzene rings is 1. The van der Waals surface area contributed by atoms with Gasteiger partial charge in [-0.25, -0.2) is 0 Å². The molecule has 1 aliphatic rings. The van der Waals surface area contributed by atoms with E-state index in [0.717, 1.165) is 28.8 Å². The Kier molecular flexibility index (Phi) is 4.25. The molecule has 0 bridgehead atoms. The molecule has 5 heteroatoms. The molecule has 1 saturated carbocycles. The third kappa shape index (κ3) is 2.90. The zero-order chi connectivity index (χ0) is 15.7. The van der Waals surface area contributed by atoms with Crippen molar-refractivity contribution in [2.24, 2.45) is 0 Å². The minimum atomic E-state index is -0.0796. The lowest BCUT2D eigenvalue weighted by atomic mass is 10.1. The van der Waals surface area contributed by atoms with Gasteiger partial charge in [-0.1, -0.05) is 0 Å². The van der Waals surface area contributed by atoms with Crippen molar-refractivity contribution in [2.75, 3.05) is 7.11 Å². The summed E-state index contributed by atoms with van der Waals surface area (Å²) < 4.78 is 11.4. The summed E-state index contributed by atoms with van der Waals surface area (Å²) in [6.45, 7) is 2.01. The highest BCUT2D eigenvalue weighted by Gasteiger charge is 2.38. The maximum absolute atomic E-state index is 13.0. The summed E-state index contributed by atoms with van der Waals surface area (Å²) in [6, 6.07) is 9.40. The van der Waals surface area contributed by atoms with E-state index in [1.54, 1.807) is 25.5 Å². The lowest BCUT2D eigenvalue weighted by Gasteiger charge is -2.28. The van der Waals surface area contributed by atoms with E-state index in [9.17, 15) is 4.79 Å². The minimum absolute atomic E-state index is 0.0147. The van der Waals surface area contributed by atoms with Crippen molar-refractivity contribution >= 4 is 21.8 Å². The van der Waals surface area contributed by atoms with Gasteiger partial charge in [-0.05, 0) is 66.0 Å². The van der Waals surface area contributed by atoms with Crippen LogP contribution in [0.1, 0.15) is 41.9 Å². The molecule has 1 aromatic heterocycles. The van der Waals surface area contributed by atoms with Crippen LogP contribution in [0.15, 0.2) is 45.5 Å². The van der Waals surface area contributed by atoms with Gasteiger partial charge in [0.25, 0.3) is 5.91 Å². The summed E-state index contributed by atoms with van der Waals surface area (Å²) in [5, 5.41) is 0. The van der Waals surface area contributed by atoms with Gasteiger partial charge >= 0.3 is 0 Å². The van der Waals surface area contributed by atoms with Gasteiger partial charge in [-0.15, -0.1) is 0 Å². The molecule has 116 valence electrons. The number of methoxy groups -OCH3 is 1. The fourth-order valence-electron chi connectivity index (χ4n) is 2.61. The summed E-state index contributed by atoms with van der Waals surface area (Å²) >= 11 is 3.47. The lowest BCUT2D eigenvalue weighted by Crippen LogP contribution is -2.35. The second-order valence-electron chi connectivity index (χ2n) is 5.48. The molecule has 4 nitrogen and oxygen atoms in total. The van der Waals surface area contributed by atoms with Crippen LogP contribution in [-0.4, -0.2) is 24.0 Å². The molecule has 1 aliphatic carbocycles. The van der Waals surface area contributed by atoms with Gasteiger partial charge in [0.05, 0.1) is 25.0 Å². The Bertz CT molecular complexity index is 665. The monoisotopic (exact) mass is 363 g/mol. The Hall–Kier alpha value is -1.75. The molecule has 1 fully saturated rings. The Balaban J connectivity index is 1.90. The fourth-order valence-corrected chi connectivity index (χ4v) is 3.14. The van der Waals surface area contributed by atoms with E-state index in [1.165, 1.54) is 0 Å². The Morgan fingerprint density at radius 1 is 1.41 bits per heavy atom. The molecule has 1 heterocycles. The molecule has 0 radical (unpaired) electrons. The normalized spacial score (nSPS) is 15.4.